The highest BCUT2D eigenvalue weighted by Crippen LogP contribution is 2.32. The predicted molar refractivity (Wildman–Crippen MR) is 81.1 cm³/mol. The number of benzene rings is 2. The number of fused-ring (bicyclic) bond motifs is 1. The van der Waals surface area contributed by atoms with Crippen LogP contribution in [0.25, 0.3) is 17.2 Å². The zero-order chi connectivity index (χ0) is 14.9. The molecular formula is C16H10BrF2NO. The Morgan fingerprint density at radius 2 is 1.90 bits per heavy atom. The van der Waals surface area contributed by atoms with Crippen LogP contribution in [0.5, 0.6) is 0 Å². The standard InChI is InChI=1S/C16H10BrF2NO/c17-12-5-3-4-11(10-12)8-9-16(18,19)15-20-13-6-1-2-7-14(13)21-15/h1-10H/b9-8+. The lowest BCUT2D eigenvalue weighted by Gasteiger charge is -2.06. The molecule has 1 aromatic heterocycles. The van der Waals surface area contributed by atoms with Gasteiger partial charge in [-0.3, -0.25) is 0 Å². The van der Waals surface area contributed by atoms with Crippen molar-refractivity contribution in [1.82, 2.24) is 4.98 Å². The molecule has 2 aromatic carbocycles. The molecular weight excluding hydrogens is 340 g/mol. The summed E-state index contributed by atoms with van der Waals surface area (Å²) < 4.78 is 34.2. The number of alkyl halides is 2. The fourth-order valence-corrected chi connectivity index (χ4v) is 2.31. The van der Waals surface area contributed by atoms with Crippen LogP contribution in [0.15, 0.2) is 63.5 Å². The van der Waals surface area contributed by atoms with Gasteiger partial charge in [0.2, 0.25) is 0 Å². The molecule has 3 rings (SSSR count). The molecule has 0 fully saturated rings. The van der Waals surface area contributed by atoms with E-state index < -0.39 is 11.8 Å². The molecule has 0 aliphatic carbocycles. The molecule has 0 amide bonds. The maximum Gasteiger partial charge on any atom is 0.341 e. The Morgan fingerprint density at radius 3 is 2.67 bits per heavy atom. The van der Waals surface area contributed by atoms with E-state index in [9.17, 15) is 8.78 Å². The summed E-state index contributed by atoms with van der Waals surface area (Å²) >= 11 is 3.30. The van der Waals surface area contributed by atoms with Crippen molar-refractivity contribution in [2.45, 2.75) is 5.92 Å². The average Bonchev–Trinajstić information content (AvgIpc) is 2.90. The summed E-state index contributed by atoms with van der Waals surface area (Å²) in [5.74, 6) is -3.86. The van der Waals surface area contributed by atoms with Crippen LogP contribution in [0.4, 0.5) is 8.78 Å². The van der Waals surface area contributed by atoms with Crippen LogP contribution in [-0.4, -0.2) is 4.98 Å². The van der Waals surface area contributed by atoms with Gasteiger partial charge in [-0.1, -0.05) is 46.3 Å². The van der Waals surface area contributed by atoms with Gasteiger partial charge in [-0.15, -0.1) is 0 Å². The summed E-state index contributed by atoms with van der Waals surface area (Å²) in [5.41, 5.74) is 1.44. The maximum absolute atomic E-state index is 14.1. The molecule has 0 N–H and O–H groups in total. The van der Waals surface area contributed by atoms with Crippen molar-refractivity contribution in [2.75, 3.05) is 0 Å². The molecule has 0 saturated heterocycles. The van der Waals surface area contributed by atoms with Gasteiger partial charge in [-0.05, 0) is 35.9 Å². The average molecular weight is 350 g/mol. The van der Waals surface area contributed by atoms with Gasteiger partial charge in [-0.2, -0.15) is 8.78 Å². The van der Waals surface area contributed by atoms with Gasteiger partial charge in [0.15, 0.2) is 5.58 Å². The number of para-hydroxylation sites is 2. The number of halogens is 3. The van der Waals surface area contributed by atoms with Crippen LogP contribution in [0.2, 0.25) is 0 Å². The zero-order valence-corrected chi connectivity index (χ0v) is 12.3. The van der Waals surface area contributed by atoms with Crippen molar-refractivity contribution in [1.29, 1.82) is 0 Å². The third-order valence-electron chi connectivity index (χ3n) is 2.91. The Hall–Kier alpha value is -2.01. The number of rotatable bonds is 3. The monoisotopic (exact) mass is 349 g/mol. The zero-order valence-electron chi connectivity index (χ0n) is 10.8. The van der Waals surface area contributed by atoms with E-state index in [-0.39, 0.29) is 0 Å². The van der Waals surface area contributed by atoms with Crippen molar-refractivity contribution >= 4 is 33.1 Å². The highest BCUT2D eigenvalue weighted by Gasteiger charge is 2.34. The van der Waals surface area contributed by atoms with Gasteiger partial charge >= 0.3 is 5.92 Å². The second-order valence-electron chi connectivity index (χ2n) is 4.50. The Labute approximate surface area is 128 Å². The lowest BCUT2D eigenvalue weighted by Crippen LogP contribution is -2.09. The molecule has 0 aliphatic rings. The van der Waals surface area contributed by atoms with E-state index in [1.807, 2.05) is 6.07 Å². The van der Waals surface area contributed by atoms with Crippen LogP contribution in [0.1, 0.15) is 11.5 Å². The first-order valence-corrected chi connectivity index (χ1v) is 7.02. The van der Waals surface area contributed by atoms with E-state index in [2.05, 4.69) is 20.9 Å². The molecule has 21 heavy (non-hydrogen) atoms. The third kappa shape index (κ3) is 3.03. The predicted octanol–water partition coefficient (Wildman–Crippen LogP) is 5.40. The number of hydrogen-bond acceptors (Lipinski definition) is 2. The first kappa shape index (κ1) is 13.9. The van der Waals surface area contributed by atoms with Crippen LogP contribution in [0, 0.1) is 0 Å². The highest BCUT2D eigenvalue weighted by molar-refractivity contribution is 9.10. The number of oxazole rings is 1. The summed E-state index contributed by atoms with van der Waals surface area (Å²) in [4.78, 5) is 3.84. The molecule has 0 unspecified atom stereocenters. The molecule has 0 bridgehead atoms. The quantitative estimate of drug-likeness (QED) is 0.633. The minimum Gasteiger partial charge on any atom is -0.435 e. The van der Waals surface area contributed by atoms with Gasteiger partial charge in [0.1, 0.15) is 5.52 Å². The third-order valence-corrected chi connectivity index (χ3v) is 3.41. The maximum atomic E-state index is 14.1. The Balaban J connectivity index is 1.92. The van der Waals surface area contributed by atoms with Crippen LogP contribution in [0.3, 0.4) is 0 Å². The molecule has 3 aromatic rings. The Bertz CT molecular complexity index is 778. The smallest absolute Gasteiger partial charge is 0.341 e. The second-order valence-corrected chi connectivity index (χ2v) is 5.41. The minimum atomic E-state index is -3.26. The van der Waals surface area contributed by atoms with Crippen molar-refractivity contribution in [3.05, 3.63) is 70.5 Å². The molecule has 5 heteroatoms. The van der Waals surface area contributed by atoms with E-state index in [4.69, 9.17) is 4.42 Å². The molecule has 0 radical (unpaired) electrons. The topological polar surface area (TPSA) is 26.0 Å². The Kier molecular flexibility index (Phi) is 3.59. The summed E-state index contributed by atoms with van der Waals surface area (Å²) in [5, 5.41) is 0. The van der Waals surface area contributed by atoms with E-state index in [1.54, 1.807) is 42.5 Å². The number of nitrogens with zero attached hydrogens (tertiary/aromatic N) is 1. The summed E-state index contributed by atoms with van der Waals surface area (Å²) in [6.07, 6.45) is 2.14. The first-order chi connectivity index (χ1) is 10.0. The molecule has 0 atom stereocenters. The van der Waals surface area contributed by atoms with Crippen molar-refractivity contribution in [3.8, 4) is 0 Å². The Morgan fingerprint density at radius 1 is 1.10 bits per heavy atom. The van der Waals surface area contributed by atoms with Crippen molar-refractivity contribution in [2.24, 2.45) is 0 Å². The number of aromatic nitrogens is 1. The molecule has 0 spiro atoms. The summed E-state index contributed by atoms with van der Waals surface area (Å²) in [6.45, 7) is 0. The van der Waals surface area contributed by atoms with Gasteiger partial charge in [0.05, 0.1) is 0 Å². The lowest BCUT2D eigenvalue weighted by molar-refractivity contribution is 0.0243. The normalized spacial score (nSPS) is 12.3. The van der Waals surface area contributed by atoms with E-state index in [1.165, 1.54) is 6.08 Å². The molecule has 106 valence electrons. The van der Waals surface area contributed by atoms with Gasteiger partial charge in [0.25, 0.3) is 5.89 Å². The fourth-order valence-electron chi connectivity index (χ4n) is 1.90. The lowest BCUT2D eigenvalue weighted by atomic mass is 10.2. The van der Waals surface area contributed by atoms with Crippen LogP contribution < -0.4 is 0 Å². The van der Waals surface area contributed by atoms with E-state index in [0.717, 1.165) is 10.5 Å². The highest BCUT2D eigenvalue weighted by atomic mass is 79.9. The SMILES string of the molecule is FC(F)(/C=C/c1cccc(Br)c1)c1nc2ccccc2o1. The van der Waals surface area contributed by atoms with Crippen LogP contribution in [-0.2, 0) is 5.92 Å². The van der Waals surface area contributed by atoms with Gasteiger partial charge < -0.3 is 4.42 Å². The van der Waals surface area contributed by atoms with Gasteiger partial charge in [-0.25, -0.2) is 4.98 Å². The summed E-state index contributed by atoms with van der Waals surface area (Å²) in [6, 6.07) is 13.8. The van der Waals surface area contributed by atoms with Crippen molar-refractivity contribution < 1.29 is 13.2 Å². The molecule has 2 nitrogen and oxygen atoms in total. The molecule has 0 aliphatic heterocycles. The van der Waals surface area contributed by atoms with E-state index >= 15 is 0 Å². The molecule has 1 heterocycles. The minimum absolute atomic E-state index is 0.350. The molecule has 0 saturated carbocycles. The van der Waals surface area contributed by atoms with Gasteiger partial charge in [0, 0.05) is 4.47 Å². The fraction of sp³-hybridized carbons (Fsp3) is 0.0625. The number of allylic oxidation sites excluding steroid dienone is 1. The van der Waals surface area contributed by atoms with Crippen molar-refractivity contribution in [3.63, 3.8) is 0 Å². The van der Waals surface area contributed by atoms with Crippen LogP contribution >= 0.6 is 15.9 Å². The summed E-state index contributed by atoms with van der Waals surface area (Å²) in [7, 11) is 0. The first-order valence-electron chi connectivity index (χ1n) is 6.23. The van der Waals surface area contributed by atoms with E-state index in [0.29, 0.717) is 16.7 Å². The largest absolute Gasteiger partial charge is 0.435 e. The number of hydrogen-bond donors (Lipinski definition) is 0. The second kappa shape index (κ2) is 5.41.